The van der Waals surface area contributed by atoms with Crippen molar-refractivity contribution in [1.82, 2.24) is 13.9 Å². The Morgan fingerprint density at radius 3 is 2.48 bits per heavy atom. The van der Waals surface area contributed by atoms with Crippen LogP contribution in [-0.2, 0) is 10.2 Å². The maximum atomic E-state index is 12.7. The molecule has 0 aromatic carbocycles. The van der Waals surface area contributed by atoms with Crippen LogP contribution in [0.2, 0.25) is 0 Å². The number of nitrogens with zero attached hydrogens (tertiary/aromatic N) is 2. The molecule has 0 saturated carbocycles. The van der Waals surface area contributed by atoms with Gasteiger partial charge in [-0.15, -0.1) is 6.58 Å². The summed E-state index contributed by atoms with van der Waals surface area (Å²) >= 11 is 0. The van der Waals surface area contributed by atoms with Crippen LogP contribution in [0.5, 0.6) is 0 Å². The Morgan fingerprint density at radius 2 is 2.00 bits per heavy atom. The van der Waals surface area contributed by atoms with E-state index in [1.54, 1.807) is 10.4 Å². The van der Waals surface area contributed by atoms with Crippen molar-refractivity contribution in [3.63, 3.8) is 0 Å². The van der Waals surface area contributed by atoms with Gasteiger partial charge in [0.05, 0.1) is 0 Å². The molecule has 1 aliphatic heterocycles. The largest absolute Gasteiger partial charge is 0.316 e. The summed E-state index contributed by atoms with van der Waals surface area (Å²) in [6.45, 7) is 13.3. The van der Waals surface area contributed by atoms with Gasteiger partial charge in [0.15, 0.2) is 0 Å². The highest BCUT2D eigenvalue weighted by Gasteiger charge is 2.33. The molecule has 0 bridgehead atoms. The van der Waals surface area contributed by atoms with Crippen LogP contribution in [0.15, 0.2) is 12.7 Å². The molecule has 0 aromatic rings. The summed E-state index contributed by atoms with van der Waals surface area (Å²) < 4.78 is 28.5. The zero-order valence-electron chi connectivity index (χ0n) is 13.7. The molecule has 0 atom stereocenters. The monoisotopic (exact) mass is 317 g/mol. The van der Waals surface area contributed by atoms with Crippen molar-refractivity contribution in [2.24, 2.45) is 5.92 Å². The van der Waals surface area contributed by atoms with E-state index in [0.717, 1.165) is 32.4 Å². The molecule has 0 spiro atoms. The zero-order chi connectivity index (χ0) is 15.9. The van der Waals surface area contributed by atoms with Crippen molar-refractivity contribution in [1.29, 1.82) is 0 Å². The Labute approximate surface area is 130 Å². The molecule has 1 N–H and O–H groups in total. The van der Waals surface area contributed by atoms with Gasteiger partial charge in [0.2, 0.25) is 0 Å². The lowest BCUT2D eigenvalue weighted by Gasteiger charge is -2.36. The predicted octanol–water partition coefficient (Wildman–Crippen LogP) is 1.84. The summed E-state index contributed by atoms with van der Waals surface area (Å²) in [5.74, 6) is 0.593. The highest BCUT2D eigenvalue weighted by atomic mass is 32.2. The summed E-state index contributed by atoms with van der Waals surface area (Å²) in [5.41, 5.74) is 0. The standard InChI is InChI=1S/C15H31N3O2S/c1-5-9-16-13-15-7-11-17(12-8-15)21(19,20)18(10-6-2)14(3)4/h6,14-16H,2,5,7-13H2,1,3-4H3. The fraction of sp³-hybridized carbons (Fsp3) is 0.867. The maximum Gasteiger partial charge on any atom is 0.282 e. The first-order valence-corrected chi connectivity index (χ1v) is 9.41. The van der Waals surface area contributed by atoms with Crippen molar-refractivity contribution < 1.29 is 8.42 Å². The topological polar surface area (TPSA) is 52.7 Å². The third-order valence-corrected chi connectivity index (χ3v) is 6.12. The minimum atomic E-state index is -3.36. The zero-order valence-corrected chi connectivity index (χ0v) is 14.5. The molecule has 1 saturated heterocycles. The fourth-order valence-electron chi connectivity index (χ4n) is 2.67. The van der Waals surface area contributed by atoms with Crippen LogP contribution in [0.3, 0.4) is 0 Å². The van der Waals surface area contributed by atoms with Gasteiger partial charge in [-0.2, -0.15) is 17.0 Å². The van der Waals surface area contributed by atoms with Gasteiger partial charge in [-0.3, -0.25) is 0 Å². The van der Waals surface area contributed by atoms with Crippen molar-refractivity contribution in [3.8, 4) is 0 Å². The maximum absolute atomic E-state index is 12.7. The minimum Gasteiger partial charge on any atom is -0.316 e. The van der Waals surface area contributed by atoms with Gasteiger partial charge in [-0.1, -0.05) is 13.0 Å². The van der Waals surface area contributed by atoms with Crippen LogP contribution < -0.4 is 5.32 Å². The lowest BCUT2D eigenvalue weighted by Crippen LogP contribution is -2.50. The van der Waals surface area contributed by atoms with Gasteiger partial charge in [0.1, 0.15) is 0 Å². The third-order valence-electron chi connectivity index (χ3n) is 3.94. The Hall–Kier alpha value is -0.430. The second kappa shape index (κ2) is 8.88. The highest BCUT2D eigenvalue weighted by molar-refractivity contribution is 7.86. The van der Waals surface area contributed by atoms with E-state index in [2.05, 4.69) is 18.8 Å². The molecule has 1 fully saturated rings. The molecule has 6 heteroatoms. The van der Waals surface area contributed by atoms with E-state index >= 15 is 0 Å². The first-order chi connectivity index (χ1) is 9.93. The Kier molecular flexibility index (Phi) is 7.87. The number of hydrogen-bond donors (Lipinski definition) is 1. The Balaban J connectivity index is 2.56. The van der Waals surface area contributed by atoms with E-state index in [9.17, 15) is 8.42 Å². The summed E-state index contributed by atoms with van der Waals surface area (Å²) in [7, 11) is -3.36. The second-order valence-corrected chi connectivity index (χ2v) is 7.89. The van der Waals surface area contributed by atoms with E-state index in [-0.39, 0.29) is 6.04 Å². The first kappa shape index (κ1) is 18.6. The number of rotatable bonds is 9. The molecule has 21 heavy (non-hydrogen) atoms. The number of hydrogen-bond acceptors (Lipinski definition) is 3. The van der Waals surface area contributed by atoms with E-state index < -0.39 is 10.2 Å². The normalized spacial score (nSPS) is 18.5. The average Bonchev–Trinajstić information content (AvgIpc) is 2.45. The van der Waals surface area contributed by atoms with Crippen LogP contribution in [0.25, 0.3) is 0 Å². The van der Waals surface area contributed by atoms with Gasteiger partial charge in [-0.05, 0) is 52.1 Å². The van der Waals surface area contributed by atoms with Crippen LogP contribution in [0.1, 0.15) is 40.0 Å². The molecule has 0 aliphatic carbocycles. The molecule has 1 rings (SSSR count). The SMILES string of the molecule is C=CCN(C(C)C)S(=O)(=O)N1CCC(CNCCC)CC1. The highest BCUT2D eigenvalue weighted by Crippen LogP contribution is 2.22. The van der Waals surface area contributed by atoms with E-state index in [1.165, 1.54) is 4.31 Å². The molecule has 0 unspecified atom stereocenters. The molecule has 0 aromatic heterocycles. The van der Waals surface area contributed by atoms with Crippen molar-refractivity contribution in [3.05, 3.63) is 12.7 Å². The van der Waals surface area contributed by atoms with Gasteiger partial charge < -0.3 is 5.32 Å². The molecule has 0 amide bonds. The van der Waals surface area contributed by atoms with Gasteiger partial charge in [0, 0.05) is 25.7 Å². The molecular weight excluding hydrogens is 286 g/mol. The molecule has 124 valence electrons. The number of piperidine rings is 1. The van der Waals surface area contributed by atoms with Crippen LogP contribution in [-0.4, -0.2) is 55.8 Å². The molecule has 1 aliphatic rings. The smallest absolute Gasteiger partial charge is 0.282 e. The van der Waals surface area contributed by atoms with Crippen molar-refractivity contribution in [2.75, 3.05) is 32.7 Å². The van der Waals surface area contributed by atoms with E-state index in [4.69, 9.17) is 0 Å². The molecule has 0 radical (unpaired) electrons. The first-order valence-electron chi connectivity index (χ1n) is 8.02. The van der Waals surface area contributed by atoms with Crippen LogP contribution in [0.4, 0.5) is 0 Å². The predicted molar refractivity (Wildman–Crippen MR) is 88.4 cm³/mol. The van der Waals surface area contributed by atoms with Gasteiger partial charge in [-0.25, -0.2) is 0 Å². The summed E-state index contributed by atoms with van der Waals surface area (Å²) in [4.78, 5) is 0. The third kappa shape index (κ3) is 5.36. The molecular formula is C15H31N3O2S. The number of nitrogens with one attached hydrogen (secondary N) is 1. The van der Waals surface area contributed by atoms with Crippen molar-refractivity contribution in [2.45, 2.75) is 46.1 Å². The summed E-state index contributed by atoms with van der Waals surface area (Å²) in [5, 5.41) is 3.43. The van der Waals surface area contributed by atoms with Gasteiger partial charge in [0.25, 0.3) is 10.2 Å². The quantitative estimate of drug-likeness (QED) is 0.521. The van der Waals surface area contributed by atoms with Crippen molar-refractivity contribution >= 4 is 10.2 Å². The minimum absolute atomic E-state index is 0.0445. The second-order valence-electron chi connectivity index (χ2n) is 6.01. The lowest BCUT2D eigenvalue weighted by atomic mass is 9.98. The summed E-state index contributed by atoms with van der Waals surface area (Å²) in [6, 6.07) is -0.0445. The molecule has 1 heterocycles. The Morgan fingerprint density at radius 1 is 1.38 bits per heavy atom. The Bertz CT molecular complexity index is 401. The van der Waals surface area contributed by atoms with Crippen LogP contribution >= 0.6 is 0 Å². The van der Waals surface area contributed by atoms with Gasteiger partial charge >= 0.3 is 0 Å². The lowest BCUT2D eigenvalue weighted by molar-refractivity contribution is 0.245. The molecule has 5 nitrogen and oxygen atoms in total. The summed E-state index contributed by atoms with van der Waals surface area (Å²) in [6.07, 6.45) is 4.67. The van der Waals surface area contributed by atoms with Crippen LogP contribution in [0, 0.1) is 5.92 Å². The van der Waals surface area contributed by atoms with E-state index in [0.29, 0.717) is 25.6 Å². The average molecular weight is 317 g/mol. The van der Waals surface area contributed by atoms with E-state index in [1.807, 2.05) is 13.8 Å². The fourth-order valence-corrected chi connectivity index (χ4v) is 4.47.